The highest BCUT2D eigenvalue weighted by atomic mass is 32.1. The van der Waals surface area contributed by atoms with Crippen LogP contribution in [0.15, 0.2) is 146 Å². The van der Waals surface area contributed by atoms with E-state index in [9.17, 15) is 0 Å². The molecule has 3 heteroatoms. The van der Waals surface area contributed by atoms with Crippen LogP contribution in [0.1, 0.15) is 0 Å². The summed E-state index contributed by atoms with van der Waals surface area (Å²) in [5.41, 5.74) is 10.1. The summed E-state index contributed by atoms with van der Waals surface area (Å²) in [4.78, 5) is 0. The van der Waals surface area contributed by atoms with Crippen molar-refractivity contribution in [2.75, 3.05) is 0 Å². The SMILES string of the molecule is c1ccc2c(c1)sc1c(-n3c4ccccc4c4cc(-c5cc6c7ccccc7n7c8ccccc8c(c5)c67)ccc43)cccc12. The van der Waals surface area contributed by atoms with Gasteiger partial charge in [0.25, 0.3) is 0 Å². The molecule has 0 aliphatic rings. The molecule has 0 aliphatic carbocycles. The molecule has 4 aromatic heterocycles. The van der Waals surface area contributed by atoms with Crippen molar-refractivity contribution < 1.29 is 0 Å². The topological polar surface area (TPSA) is 9.34 Å². The third kappa shape index (κ3) is 3.03. The molecule has 0 aliphatic heterocycles. The molecule has 0 saturated heterocycles. The highest BCUT2D eigenvalue weighted by Gasteiger charge is 2.20. The Morgan fingerprint density at radius 2 is 0.933 bits per heavy atom. The second-order valence-electron chi connectivity index (χ2n) is 12.1. The summed E-state index contributed by atoms with van der Waals surface area (Å²) in [6.07, 6.45) is 0. The van der Waals surface area contributed by atoms with E-state index in [1.54, 1.807) is 0 Å². The van der Waals surface area contributed by atoms with Gasteiger partial charge in [-0.3, -0.25) is 0 Å². The maximum atomic E-state index is 2.47. The van der Waals surface area contributed by atoms with Gasteiger partial charge in [0.1, 0.15) is 0 Å². The van der Waals surface area contributed by atoms with Gasteiger partial charge < -0.3 is 8.97 Å². The average Bonchev–Trinajstić information content (AvgIpc) is 3.83. The molecule has 0 amide bonds. The first-order chi connectivity index (χ1) is 22.3. The van der Waals surface area contributed by atoms with Crippen LogP contribution < -0.4 is 0 Å². The number of hydrogen-bond donors (Lipinski definition) is 0. The Hall–Kier alpha value is -5.64. The number of nitrogens with zero attached hydrogens (tertiary/aromatic N) is 2. The van der Waals surface area contributed by atoms with E-state index in [-0.39, 0.29) is 0 Å². The molecule has 0 radical (unpaired) electrons. The zero-order chi connectivity index (χ0) is 29.2. The second-order valence-corrected chi connectivity index (χ2v) is 13.2. The fourth-order valence-electron chi connectivity index (χ4n) is 7.94. The van der Waals surface area contributed by atoms with E-state index in [0.717, 1.165) is 0 Å². The van der Waals surface area contributed by atoms with Gasteiger partial charge in [0.2, 0.25) is 0 Å². The maximum Gasteiger partial charge on any atom is 0.0640 e. The Morgan fingerprint density at radius 3 is 1.67 bits per heavy atom. The lowest BCUT2D eigenvalue weighted by Crippen LogP contribution is -1.93. The van der Waals surface area contributed by atoms with Crippen LogP contribution in [-0.4, -0.2) is 8.97 Å². The predicted molar refractivity (Wildman–Crippen MR) is 194 cm³/mol. The third-order valence-electron chi connectivity index (χ3n) is 9.83. The van der Waals surface area contributed by atoms with Crippen LogP contribution in [0.2, 0.25) is 0 Å². The Bertz CT molecular complexity index is 2900. The normalized spacial score (nSPS) is 12.4. The minimum absolute atomic E-state index is 1.23. The lowest BCUT2D eigenvalue weighted by Gasteiger charge is -2.10. The van der Waals surface area contributed by atoms with Crippen molar-refractivity contribution in [2.24, 2.45) is 0 Å². The molecule has 0 saturated carbocycles. The van der Waals surface area contributed by atoms with E-state index in [4.69, 9.17) is 0 Å². The molecule has 0 unspecified atom stereocenters. The molecule has 11 aromatic rings. The molecule has 0 fully saturated rings. The second kappa shape index (κ2) is 8.50. The highest BCUT2D eigenvalue weighted by Crippen LogP contribution is 2.44. The zero-order valence-corrected chi connectivity index (χ0v) is 25.0. The van der Waals surface area contributed by atoms with Crippen molar-refractivity contribution in [1.82, 2.24) is 8.97 Å². The molecule has 7 aromatic carbocycles. The Labute approximate surface area is 261 Å². The quantitative estimate of drug-likeness (QED) is 0.190. The fraction of sp³-hybridized carbons (Fsp3) is 0. The number of aromatic nitrogens is 2. The smallest absolute Gasteiger partial charge is 0.0640 e. The van der Waals surface area contributed by atoms with Gasteiger partial charge in [-0.25, -0.2) is 0 Å². The fourth-order valence-corrected chi connectivity index (χ4v) is 9.14. The van der Waals surface area contributed by atoms with Gasteiger partial charge >= 0.3 is 0 Å². The average molecular weight is 589 g/mol. The van der Waals surface area contributed by atoms with Crippen LogP contribution in [0.3, 0.4) is 0 Å². The molecule has 208 valence electrons. The summed E-state index contributed by atoms with van der Waals surface area (Å²) in [5.74, 6) is 0. The number of fused-ring (bicyclic) bond motifs is 12. The minimum atomic E-state index is 1.23. The maximum absolute atomic E-state index is 2.47. The van der Waals surface area contributed by atoms with E-state index in [1.165, 1.54) is 96.9 Å². The molecule has 11 rings (SSSR count). The summed E-state index contributed by atoms with van der Waals surface area (Å²) < 4.78 is 7.58. The third-order valence-corrected chi connectivity index (χ3v) is 11.0. The van der Waals surface area contributed by atoms with Crippen LogP contribution in [0.4, 0.5) is 0 Å². The summed E-state index contributed by atoms with van der Waals surface area (Å²) in [7, 11) is 0. The summed E-state index contributed by atoms with van der Waals surface area (Å²) in [6.45, 7) is 0. The minimum Gasteiger partial charge on any atom is -0.308 e. The molecule has 0 spiro atoms. The van der Waals surface area contributed by atoms with Crippen molar-refractivity contribution in [3.05, 3.63) is 146 Å². The summed E-state index contributed by atoms with van der Waals surface area (Å²) >= 11 is 1.89. The van der Waals surface area contributed by atoms with E-state index in [2.05, 4.69) is 155 Å². The van der Waals surface area contributed by atoms with Gasteiger partial charge in [0.15, 0.2) is 0 Å². The van der Waals surface area contributed by atoms with Crippen LogP contribution in [0.25, 0.3) is 96.9 Å². The summed E-state index contributed by atoms with van der Waals surface area (Å²) in [5, 5.41) is 10.4. The van der Waals surface area contributed by atoms with Crippen molar-refractivity contribution in [3.63, 3.8) is 0 Å². The molecule has 45 heavy (non-hydrogen) atoms. The number of thiophene rings is 1. The summed E-state index contributed by atoms with van der Waals surface area (Å²) in [6, 6.07) is 53.9. The van der Waals surface area contributed by atoms with E-state index in [0.29, 0.717) is 0 Å². The highest BCUT2D eigenvalue weighted by molar-refractivity contribution is 7.26. The lowest BCUT2D eigenvalue weighted by molar-refractivity contribution is 1.20. The molecule has 0 bridgehead atoms. The van der Waals surface area contributed by atoms with Gasteiger partial charge in [0, 0.05) is 47.8 Å². The first kappa shape index (κ1) is 23.8. The number of benzene rings is 7. The van der Waals surface area contributed by atoms with E-state index in [1.807, 2.05) is 11.3 Å². The zero-order valence-electron chi connectivity index (χ0n) is 24.2. The van der Waals surface area contributed by atoms with Crippen LogP contribution >= 0.6 is 11.3 Å². The Kier molecular flexibility index (Phi) is 4.49. The van der Waals surface area contributed by atoms with Gasteiger partial charge in [-0.15, -0.1) is 11.3 Å². The first-order valence-corrected chi connectivity index (χ1v) is 16.3. The number of para-hydroxylation sites is 3. The van der Waals surface area contributed by atoms with E-state index >= 15 is 0 Å². The largest absolute Gasteiger partial charge is 0.308 e. The first-order valence-electron chi connectivity index (χ1n) is 15.4. The molecule has 0 N–H and O–H groups in total. The van der Waals surface area contributed by atoms with Crippen LogP contribution in [-0.2, 0) is 0 Å². The number of rotatable bonds is 2. The molecular formula is C42H24N2S. The van der Waals surface area contributed by atoms with Crippen molar-refractivity contribution in [2.45, 2.75) is 0 Å². The lowest BCUT2D eigenvalue weighted by atomic mass is 9.98. The van der Waals surface area contributed by atoms with Crippen LogP contribution in [0.5, 0.6) is 0 Å². The number of hydrogen-bond acceptors (Lipinski definition) is 1. The molecular weight excluding hydrogens is 565 g/mol. The predicted octanol–water partition coefficient (Wildman–Crippen LogP) is 12.0. The monoisotopic (exact) mass is 588 g/mol. The van der Waals surface area contributed by atoms with Crippen LogP contribution in [0, 0.1) is 0 Å². The van der Waals surface area contributed by atoms with Gasteiger partial charge in [0.05, 0.1) is 38.0 Å². The standard InChI is InChI=1S/C42H24N2S/c1-5-15-35-27(10-1)32-22-25(20-21-38(32)43(35)39-18-9-14-31-30-13-4-8-19-40(30)45-42(31)39)26-23-33-28-11-2-6-16-36(28)44-37-17-7-3-12-29(37)34(24-26)41(33)44/h1-24H. The van der Waals surface area contributed by atoms with Crippen molar-refractivity contribution >= 4 is 91.4 Å². The molecule has 2 nitrogen and oxygen atoms in total. The Morgan fingerprint density at radius 1 is 0.378 bits per heavy atom. The molecule has 4 heterocycles. The van der Waals surface area contributed by atoms with E-state index < -0.39 is 0 Å². The molecule has 0 atom stereocenters. The van der Waals surface area contributed by atoms with Crippen molar-refractivity contribution in [1.29, 1.82) is 0 Å². The Balaban J connectivity index is 1.21. The van der Waals surface area contributed by atoms with Crippen molar-refractivity contribution in [3.8, 4) is 16.8 Å². The van der Waals surface area contributed by atoms with Gasteiger partial charge in [-0.1, -0.05) is 91.0 Å². The van der Waals surface area contributed by atoms with Gasteiger partial charge in [-0.05, 0) is 65.7 Å². The van der Waals surface area contributed by atoms with Gasteiger partial charge in [-0.2, -0.15) is 0 Å².